The zero-order valence-corrected chi connectivity index (χ0v) is 8.65. The number of hydrogen-bond donors (Lipinski definition) is 1. The van der Waals surface area contributed by atoms with Gasteiger partial charge in [0.2, 0.25) is 0 Å². The summed E-state index contributed by atoms with van der Waals surface area (Å²) in [4.78, 5) is 11.2. The first kappa shape index (κ1) is 10.7. The molecule has 0 saturated carbocycles. The lowest BCUT2D eigenvalue weighted by Gasteiger charge is -2.06. The van der Waals surface area contributed by atoms with Crippen molar-refractivity contribution in [1.82, 2.24) is 9.78 Å². The summed E-state index contributed by atoms with van der Waals surface area (Å²) in [6.07, 6.45) is 1.82. The van der Waals surface area contributed by atoms with Crippen LogP contribution in [-0.4, -0.2) is 28.4 Å². The molecular formula is C9H15N3O2. The molecular weight excluding hydrogens is 182 g/mol. The van der Waals surface area contributed by atoms with E-state index in [4.69, 9.17) is 4.74 Å². The molecule has 0 aromatic carbocycles. The Labute approximate surface area is 83.1 Å². The second kappa shape index (κ2) is 4.76. The molecule has 0 atom stereocenters. The van der Waals surface area contributed by atoms with Gasteiger partial charge in [-0.3, -0.25) is 9.48 Å². The summed E-state index contributed by atoms with van der Waals surface area (Å²) in [6.45, 7) is 3.83. The molecule has 0 radical (unpaired) electrons. The van der Waals surface area contributed by atoms with Crippen LogP contribution in [0.25, 0.3) is 0 Å². The van der Waals surface area contributed by atoms with E-state index < -0.39 is 0 Å². The number of hydrogen-bond acceptors (Lipinski definition) is 3. The Morgan fingerprint density at radius 3 is 2.93 bits per heavy atom. The maximum absolute atomic E-state index is 11.2. The monoisotopic (exact) mass is 197 g/mol. The normalized spacial score (nSPS) is 10.6. The predicted molar refractivity (Wildman–Crippen MR) is 52.9 cm³/mol. The van der Waals surface area contributed by atoms with Crippen LogP contribution in [0.3, 0.4) is 0 Å². The van der Waals surface area contributed by atoms with Gasteiger partial charge in [0.1, 0.15) is 6.61 Å². The zero-order valence-electron chi connectivity index (χ0n) is 8.65. The molecule has 78 valence electrons. The summed E-state index contributed by atoms with van der Waals surface area (Å²) in [5, 5.41) is 6.63. The van der Waals surface area contributed by atoms with Gasteiger partial charge in [0.15, 0.2) is 5.82 Å². The first-order valence-corrected chi connectivity index (χ1v) is 4.49. The zero-order chi connectivity index (χ0) is 10.6. The summed E-state index contributed by atoms with van der Waals surface area (Å²) >= 11 is 0. The van der Waals surface area contributed by atoms with Gasteiger partial charge in [-0.15, -0.1) is 0 Å². The molecule has 0 aliphatic heterocycles. The molecule has 1 amide bonds. The third-order valence-electron chi connectivity index (χ3n) is 1.53. The average Bonchev–Trinajstić information content (AvgIpc) is 2.48. The van der Waals surface area contributed by atoms with Crippen molar-refractivity contribution in [2.75, 3.05) is 11.9 Å². The van der Waals surface area contributed by atoms with Crippen LogP contribution in [0.15, 0.2) is 12.3 Å². The summed E-state index contributed by atoms with van der Waals surface area (Å²) in [5.74, 6) is 0.363. The molecule has 0 unspecified atom stereocenters. The second-order valence-corrected chi connectivity index (χ2v) is 3.28. The minimum absolute atomic E-state index is 0.0597. The van der Waals surface area contributed by atoms with Crippen LogP contribution in [0.5, 0.6) is 0 Å². The number of nitrogens with one attached hydrogen (secondary N) is 1. The lowest BCUT2D eigenvalue weighted by Crippen LogP contribution is -2.20. The molecule has 0 fully saturated rings. The van der Waals surface area contributed by atoms with Crippen molar-refractivity contribution >= 4 is 11.7 Å². The molecule has 1 aromatic rings. The second-order valence-electron chi connectivity index (χ2n) is 3.28. The number of aryl methyl sites for hydroxylation is 1. The summed E-state index contributed by atoms with van der Waals surface area (Å²) in [7, 11) is 1.79. The van der Waals surface area contributed by atoms with E-state index in [2.05, 4.69) is 10.4 Å². The van der Waals surface area contributed by atoms with Gasteiger partial charge in [0.05, 0.1) is 6.10 Å². The fourth-order valence-electron chi connectivity index (χ4n) is 0.903. The molecule has 5 heteroatoms. The largest absolute Gasteiger partial charge is 0.369 e. The highest BCUT2D eigenvalue weighted by Gasteiger charge is 2.05. The van der Waals surface area contributed by atoms with Gasteiger partial charge in [0.25, 0.3) is 5.91 Å². The first-order chi connectivity index (χ1) is 6.58. The molecule has 0 bridgehead atoms. The van der Waals surface area contributed by atoms with E-state index in [1.54, 1.807) is 24.0 Å². The third-order valence-corrected chi connectivity index (χ3v) is 1.53. The highest BCUT2D eigenvalue weighted by Crippen LogP contribution is 2.00. The van der Waals surface area contributed by atoms with Crippen LogP contribution in [0.4, 0.5) is 5.82 Å². The molecule has 0 spiro atoms. The van der Waals surface area contributed by atoms with Gasteiger partial charge in [0, 0.05) is 19.3 Å². The lowest BCUT2D eigenvalue weighted by molar-refractivity contribution is -0.121. The smallest absolute Gasteiger partial charge is 0.251 e. The maximum atomic E-state index is 11.2. The molecule has 0 saturated heterocycles. The fraction of sp³-hybridized carbons (Fsp3) is 0.556. The van der Waals surface area contributed by atoms with Crippen molar-refractivity contribution in [3.8, 4) is 0 Å². The molecule has 1 N–H and O–H groups in total. The number of ether oxygens (including phenoxy) is 1. The SMILES string of the molecule is CC(C)OCC(=O)Nc1ccn(C)n1. The number of aromatic nitrogens is 2. The van der Waals surface area contributed by atoms with Crippen molar-refractivity contribution in [3.63, 3.8) is 0 Å². The Hall–Kier alpha value is -1.36. The number of rotatable bonds is 4. The van der Waals surface area contributed by atoms with E-state index in [1.807, 2.05) is 13.8 Å². The van der Waals surface area contributed by atoms with Crippen LogP contribution in [0.1, 0.15) is 13.8 Å². The minimum atomic E-state index is -0.183. The van der Waals surface area contributed by atoms with Crippen molar-refractivity contribution in [1.29, 1.82) is 0 Å². The first-order valence-electron chi connectivity index (χ1n) is 4.49. The van der Waals surface area contributed by atoms with Crippen LogP contribution in [0, 0.1) is 0 Å². The highest BCUT2D eigenvalue weighted by molar-refractivity contribution is 5.90. The van der Waals surface area contributed by atoms with E-state index >= 15 is 0 Å². The number of nitrogens with zero attached hydrogens (tertiary/aromatic N) is 2. The summed E-state index contributed by atoms with van der Waals surface area (Å²) < 4.78 is 6.76. The Balaban J connectivity index is 2.34. The quantitative estimate of drug-likeness (QED) is 0.776. The predicted octanol–water partition coefficient (Wildman–Crippen LogP) is 0.784. The topological polar surface area (TPSA) is 56.1 Å². The number of anilines is 1. The van der Waals surface area contributed by atoms with Gasteiger partial charge < -0.3 is 10.1 Å². The van der Waals surface area contributed by atoms with Gasteiger partial charge in [-0.05, 0) is 13.8 Å². The van der Waals surface area contributed by atoms with Gasteiger partial charge in [-0.1, -0.05) is 0 Å². The van der Waals surface area contributed by atoms with Crippen LogP contribution >= 0.6 is 0 Å². The highest BCUT2D eigenvalue weighted by atomic mass is 16.5. The number of amides is 1. The number of carbonyl (C=O) groups is 1. The van der Waals surface area contributed by atoms with Crippen LogP contribution in [-0.2, 0) is 16.6 Å². The standard InChI is InChI=1S/C9H15N3O2/c1-7(2)14-6-9(13)10-8-4-5-12(3)11-8/h4-5,7H,6H2,1-3H3,(H,10,11,13). The Morgan fingerprint density at radius 1 is 1.71 bits per heavy atom. The fourth-order valence-corrected chi connectivity index (χ4v) is 0.903. The van der Waals surface area contributed by atoms with Gasteiger partial charge in [-0.25, -0.2) is 0 Å². The Morgan fingerprint density at radius 2 is 2.43 bits per heavy atom. The molecule has 1 rings (SSSR count). The van der Waals surface area contributed by atoms with Crippen LogP contribution < -0.4 is 5.32 Å². The van der Waals surface area contributed by atoms with E-state index in [1.165, 1.54) is 0 Å². The molecule has 1 heterocycles. The van der Waals surface area contributed by atoms with E-state index in [0.29, 0.717) is 5.82 Å². The molecule has 0 aliphatic rings. The minimum Gasteiger partial charge on any atom is -0.369 e. The van der Waals surface area contributed by atoms with Crippen molar-refractivity contribution in [2.45, 2.75) is 20.0 Å². The van der Waals surface area contributed by atoms with Crippen molar-refractivity contribution in [3.05, 3.63) is 12.3 Å². The molecule has 14 heavy (non-hydrogen) atoms. The van der Waals surface area contributed by atoms with E-state index in [9.17, 15) is 4.79 Å². The van der Waals surface area contributed by atoms with Crippen LogP contribution in [0.2, 0.25) is 0 Å². The van der Waals surface area contributed by atoms with E-state index in [-0.39, 0.29) is 18.6 Å². The third kappa shape index (κ3) is 3.57. The molecule has 1 aromatic heterocycles. The molecule has 5 nitrogen and oxygen atoms in total. The summed E-state index contributed by atoms with van der Waals surface area (Å²) in [5.41, 5.74) is 0. The molecule has 0 aliphatic carbocycles. The maximum Gasteiger partial charge on any atom is 0.251 e. The Kier molecular flexibility index (Phi) is 3.64. The van der Waals surface area contributed by atoms with Crippen molar-refractivity contribution < 1.29 is 9.53 Å². The Bertz CT molecular complexity index is 307. The number of carbonyl (C=O) groups excluding carboxylic acids is 1. The van der Waals surface area contributed by atoms with Gasteiger partial charge in [-0.2, -0.15) is 5.10 Å². The van der Waals surface area contributed by atoms with Crippen molar-refractivity contribution in [2.24, 2.45) is 7.05 Å². The average molecular weight is 197 g/mol. The van der Waals surface area contributed by atoms with E-state index in [0.717, 1.165) is 0 Å². The van der Waals surface area contributed by atoms with Gasteiger partial charge >= 0.3 is 0 Å². The summed E-state index contributed by atoms with van der Waals surface area (Å²) in [6, 6.07) is 1.73. The lowest BCUT2D eigenvalue weighted by atomic mass is 10.5.